The Bertz CT molecular complexity index is 532. The van der Waals surface area contributed by atoms with Crippen LogP contribution in [0, 0.1) is 6.92 Å². The molecule has 90 valence electrons. The van der Waals surface area contributed by atoms with Crippen LogP contribution in [0.2, 0.25) is 5.02 Å². The molecule has 17 heavy (non-hydrogen) atoms. The molecule has 0 aliphatic carbocycles. The van der Waals surface area contributed by atoms with Gasteiger partial charge < -0.3 is 0 Å². The number of aryl methyl sites for hydroxylation is 1. The molecule has 0 fully saturated rings. The average molecular weight is 415 g/mol. The molecule has 2 rings (SSSR count). The maximum absolute atomic E-state index is 6.45. The van der Waals surface area contributed by atoms with Crippen LogP contribution >= 0.6 is 66.4 Å². The second-order valence-corrected chi connectivity index (χ2v) is 7.74. The lowest BCUT2D eigenvalue weighted by Gasteiger charge is -2.09. The summed E-state index contributed by atoms with van der Waals surface area (Å²) in [5.74, 6) is 0. The van der Waals surface area contributed by atoms with E-state index in [9.17, 15) is 0 Å². The number of hydrogen-bond acceptors (Lipinski definition) is 1. The van der Waals surface area contributed by atoms with Crippen molar-refractivity contribution in [3.63, 3.8) is 0 Å². The summed E-state index contributed by atoms with van der Waals surface area (Å²) in [5, 5.41) is 0.544. The molecular formula is C12H8Br2Cl2S. The van der Waals surface area contributed by atoms with Crippen LogP contribution in [0.25, 0.3) is 0 Å². The summed E-state index contributed by atoms with van der Waals surface area (Å²) in [5.41, 5.74) is 2.26. The van der Waals surface area contributed by atoms with Crippen LogP contribution in [0.1, 0.15) is 21.4 Å². The molecule has 0 radical (unpaired) electrons. The van der Waals surface area contributed by atoms with Gasteiger partial charge in [0.25, 0.3) is 0 Å². The molecule has 0 spiro atoms. The van der Waals surface area contributed by atoms with Gasteiger partial charge in [-0.05, 0) is 46.1 Å². The molecule has 1 aromatic heterocycles. The van der Waals surface area contributed by atoms with Crippen molar-refractivity contribution in [3.8, 4) is 0 Å². The van der Waals surface area contributed by atoms with Crippen LogP contribution in [0.15, 0.2) is 32.5 Å². The molecule has 0 amide bonds. The van der Waals surface area contributed by atoms with Crippen LogP contribution < -0.4 is 0 Å². The SMILES string of the molecule is Cc1ccc(C(Cl)c2cc(Cl)c(Br)s2)cc1Br. The van der Waals surface area contributed by atoms with Crippen LogP contribution in [-0.4, -0.2) is 0 Å². The van der Waals surface area contributed by atoms with Crippen molar-refractivity contribution in [2.24, 2.45) is 0 Å². The molecule has 0 bridgehead atoms. The van der Waals surface area contributed by atoms with Gasteiger partial charge in [0.05, 0.1) is 14.2 Å². The third kappa shape index (κ3) is 3.07. The van der Waals surface area contributed by atoms with Crippen LogP contribution in [0.3, 0.4) is 0 Å². The molecule has 0 saturated carbocycles. The maximum Gasteiger partial charge on any atom is 0.0929 e. The lowest BCUT2D eigenvalue weighted by Crippen LogP contribution is -1.90. The van der Waals surface area contributed by atoms with E-state index in [0.29, 0.717) is 5.02 Å². The Labute approximate surface area is 131 Å². The summed E-state index contributed by atoms with van der Waals surface area (Å²) in [7, 11) is 0. The quantitative estimate of drug-likeness (QED) is 0.488. The Kier molecular flexibility index (Phi) is 4.59. The predicted octanol–water partition coefficient (Wildman–Crippen LogP) is 6.56. The minimum absolute atomic E-state index is 0.166. The van der Waals surface area contributed by atoms with E-state index in [0.717, 1.165) is 18.7 Å². The molecule has 0 saturated heterocycles. The molecule has 1 aromatic carbocycles. The molecular weight excluding hydrogens is 407 g/mol. The van der Waals surface area contributed by atoms with Gasteiger partial charge in [-0.25, -0.2) is 0 Å². The van der Waals surface area contributed by atoms with E-state index in [1.54, 1.807) is 11.3 Å². The molecule has 2 aromatic rings. The first-order chi connectivity index (χ1) is 7.99. The number of benzene rings is 1. The zero-order chi connectivity index (χ0) is 12.6. The molecule has 1 heterocycles. The van der Waals surface area contributed by atoms with Crippen molar-refractivity contribution in [2.75, 3.05) is 0 Å². The smallest absolute Gasteiger partial charge is 0.0929 e. The highest BCUT2D eigenvalue weighted by Gasteiger charge is 2.16. The van der Waals surface area contributed by atoms with Gasteiger partial charge >= 0.3 is 0 Å². The minimum Gasteiger partial charge on any atom is -0.130 e. The van der Waals surface area contributed by atoms with E-state index in [4.69, 9.17) is 23.2 Å². The number of thiophene rings is 1. The first kappa shape index (κ1) is 13.9. The summed E-state index contributed by atoms with van der Waals surface area (Å²) < 4.78 is 1.99. The lowest BCUT2D eigenvalue weighted by atomic mass is 10.1. The summed E-state index contributed by atoms with van der Waals surface area (Å²) in [6.45, 7) is 2.05. The number of halogens is 4. The van der Waals surface area contributed by atoms with Gasteiger partial charge in [-0.2, -0.15) is 0 Å². The van der Waals surface area contributed by atoms with Crippen molar-refractivity contribution in [2.45, 2.75) is 12.3 Å². The zero-order valence-electron chi connectivity index (χ0n) is 8.81. The normalized spacial score (nSPS) is 12.8. The van der Waals surface area contributed by atoms with Crippen LogP contribution in [-0.2, 0) is 0 Å². The molecule has 0 aliphatic rings. The first-order valence-corrected chi connectivity index (χ1v) is 8.05. The fraction of sp³-hybridized carbons (Fsp3) is 0.167. The first-order valence-electron chi connectivity index (χ1n) is 4.84. The van der Waals surface area contributed by atoms with Gasteiger partial charge in [0.1, 0.15) is 0 Å². The van der Waals surface area contributed by atoms with Crippen molar-refractivity contribution in [3.05, 3.63) is 53.6 Å². The van der Waals surface area contributed by atoms with Crippen LogP contribution in [0.5, 0.6) is 0 Å². The van der Waals surface area contributed by atoms with Crippen LogP contribution in [0.4, 0.5) is 0 Å². The number of alkyl halides is 1. The standard InChI is InChI=1S/C12H8Br2Cl2S/c1-6-2-3-7(4-8(6)13)11(16)10-5-9(15)12(14)17-10/h2-5,11H,1H3. The van der Waals surface area contributed by atoms with Crippen molar-refractivity contribution in [1.29, 1.82) is 0 Å². The van der Waals surface area contributed by atoms with Gasteiger partial charge in [0, 0.05) is 9.35 Å². The van der Waals surface area contributed by atoms with Crippen molar-refractivity contribution >= 4 is 66.4 Å². The summed E-state index contributed by atoms with van der Waals surface area (Å²) in [6.07, 6.45) is 0. The second kappa shape index (κ2) is 5.62. The Balaban J connectivity index is 2.36. The van der Waals surface area contributed by atoms with E-state index < -0.39 is 0 Å². The largest absolute Gasteiger partial charge is 0.130 e. The Morgan fingerprint density at radius 2 is 1.94 bits per heavy atom. The Morgan fingerprint density at radius 1 is 1.24 bits per heavy atom. The van der Waals surface area contributed by atoms with Gasteiger partial charge in [0.2, 0.25) is 0 Å². The van der Waals surface area contributed by atoms with Gasteiger partial charge in [-0.3, -0.25) is 0 Å². The van der Waals surface area contributed by atoms with E-state index in [1.807, 2.05) is 12.1 Å². The van der Waals surface area contributed by atoms with E-state index in [-0.39, 0.29) is 5.38 Å². The van der Waals surface area contributed by atoms with E-state index in [2.05, 4.69) is 50.9 Å². The monoisotopic (exact) mass is 412 g/mol. The predicted molar refractivity (Wildman–Crippen MR) is 83.6 cm³/mol. The van der Waals surface area contributed by atoms with Crippen molar-refractivity contribution in [1.82, 2.24) is 0 Å². The maximum atomic E-state index is 6.45. The fourth-order valence-electron chi connectivity index (χ4n) is 1.42. The summed E-state index contributed by atoms with van der Waals surface area (Å²) >= 11 is 20.9. The number of hydrogen-bond donors (Lipinski definition) is 0. The summed E-state index contributed by atoms with van der Waals surface area (Å²) in [6, 6.07) is 8.05. The Hall–Kier alpha value is 0.460. The molecule has 1 atom stereocenters. The minimum atomic E-state index is -0.166. The van der Waals surface area contributed by atoms with E-state index >= 15 is 0 Å². The van der Waals surface area contributed by atoms with Gasteiger partial charge in [0.15, 0.2) is 0 Å². The number of rotatable bonds is 2. The van der Waals surface area contributed by atoms with Gasteiger partial charge in [-0.15, -0.1) is 22.9 Å². The van der Waals surface area contributed by atoms with Gasteiger partial charge in [-0.1, -0.05) is 39.7 Å². The fourth-order valence-corrected chi connectivity index (χ4v) is 3.90. The van der Waals surface area contributed by atoms with Crippen molar-refractivity contribution < 1.29 is 0 Å². The third-order valence-corrected chi connectivity index (χ3v) is 6.41. The topological polar surface area (TPSA) is 0 Å². The lowest BCUT2D eigenvalue weighted by molar-refractivity contribution is 1.17. The highest BCUT2D eigenvalue weighted by Crippen LogP contribution is 2.40. The highest BCUT2D eigenvalue weighted by molar-refractivity contribution is 9.11. The average Bonchev–Trinajstić information content (AvgIpc) is 2.62. The highest BCUT2D eigenvalue weighted by atomic mass is 79.9. The molecule has 5 heteroatoms. The summed E-state index contributed by atoms with van der Waals surface area (Å²) in [4.78, 5) is 1.04. The molecule has 0 aliphatic heterocycles. The Morgan fingerprint density at radius 3 is 2.47 bits per heavy atom. The second-order valence-electron chi connectivity index (χ2n) is 3.64. The molecule has 1 unspecified atom stereocenters. The zero-order valence-corrected chi connectivity index (χ0v) is 14.3. The van der Waals surface area contributed by atoms with E-state index in [1.165, 1.54) is 5.56 Å². The molecule has 0 N–H and O–H groups in total. The third-order valence-electron chi connectivity index (χ3n) is 2.40. The molecule has 0 nitrogen and oxygen atoms in total.